The minimum Gasteiger partial charge on any atom is -0.365 e. The summed E-state index contributed by atoms with van der Waals surface area (Å²) in [5.74, 6) is 1.95. The van der Waals surface area contributed by atoms with Gasteiger partial charge in [-0.15, -0.1) is 0 Å². The van der Waals surface area contributed by atoms with Gasteiger partial charge in [0.05, 0.1) is 12.4 Å². The van der Waals surface area contributed by atoms with Crippen LogP contribution in [0.15, 0.2) is 12.4 Å². The van der Waals surface area contributed by atoms with Gasteiger partial charge in [0, 0.05) is 49.9 Å². The van der Waals surface area contributed by atoms with E-state index in [2.05, 4.69) is 41.8 Å². The lowest BCUT2D eigenvalue weighted by molar-refractivity contribution is 0.136. The normalized spacial score (nSPS) is 23.6. The maximum Gasteiger partial charge on any atom is 0.232 e. The monoisotopic (exact) mass is 406 g/mol. The fourth-order valence-electron chi connectivity index (χ4n) is 4.94. The predicted octanol–water partition coefficient (Wildman–Crippen LogP) is 2.46. The molecule has 2 saturated heterocycles. The number of H-pyrrole nitrogens is 1. The van der Waals surface area contributed by atoms with Gasteiger partial charge in [0.25, 0.3) is 0 Å². The Morgan fingerprint density at radius 1 is 1.27 bits per heavy atom. The number of hydrogen-bond donors (Lipinski definition) is 3. The number of nitrogens with zero attached hydrogens (tertiary/aromatic N) is 7. The van der Waals surface area contributed by atoms with E-state index in [1.54, 1.807) is 6.33 Å². The smallest absolute Gasteiger partial charge is 0.232 e. The Morgan fingerprint density at radius 2 is 2.07 bits per heavy atom. The minimum absolute atomic E-state index is 0.342. The van der Waals surface area contributed by atoms with Crippen LogP contribution in [0, 0.1) is 18.3 Å². The van der Waals surface area contributed by atoms with E-state index in [0.717, 1.165) is 36.4 Å². The summed E-state index contributed by atoms with van der Waals surface area (Å²) in [4.78, 5) is 16.3. The van der Waals surface area contributed by atoms with E-state index in [4.69, 9.17) is 10.2 Å². The predicted molar refractivity (Wildman–Crippen MR) is 113 cm³/mol. The Labute approximate surface area is 174 Å². The third kappa shape index (κ3) is 3.45. The lowest BCUT2D eigenvalue weighted by Crippen LogP contribution is -2.47. The van der Waals surface area contributed by atoms with Crippen LogP contribution in [0.3, 0.4) is 0 Å². The molecule has 3 N–H and O–H groups in total. The molecule has 0 radical (unpaired) electrons. The first-order valence-corrected chi connectivity index (χ1v) is 10.5. The van der Waals surface area contributed by atoms with Gasteiger partial charge in [-0.2, -0.15) is 20.3 Å². The van der Waals surface area contributed by atoms with E-state index < -0.39 is 0 Å². The van der Waals surface area contributed by atoms with Crippen molar-refractivity contribution in [1.82, 2.24) is 34.6 Å². The van der Waals surface area contributed by atoms with Gasteiger partial charge >= 0.3 is 0 Å². The molecular formula is C20H26N10. The van der Waals surface area contributed by atoms with Gasteiger partial charge in [-0.3, -0.25) is 10.00 Å². The zero-order valence-corrected chi connectivity index (χ0v) is 17.3. The molecule has 2 unspecified atom stereocenters. The first kappa shape index (κ1) is 18.8. The van der Waals surface area contributed by atoms with Crippen molar-refractivity contribution in [3.63, 3.8) is 0 Å². The molecule has 3 aromatic rings. The molecule has 5 heterocycles. The van der Waals surface area contributed by atoms with Crippen LogP contribution in [-0.2, 0) is 7.05 Å². The highest BCUT2D eigenvalue weighted by Crippen LogP contribution is 2.37. The molecule has 2 bridgehead atoms. The second-order valence-electron chi connectivity index (χ2n) is 8.33. The summed E-state index contributed by atoms with van der Waals surface area (Å²) in [6, 6.07) is 5.63. The van der Waals surface area contributed by atoms with Gasteiger partial charge < -0.3 is 15.2 Å². The molecule has 0 amide bonds. The van der Waals surface area contributed by atoms with Crippen LogP contribution >= 0.6 is 0 Å². The van der Waals surface area contributed by atoms with Crippen molar-refractivity contribution in [2.75, 3.05) is 17.2 Å². The molecule has 2 fully saturated rings. The minimum atomic E-state index is 0.342. The van der Waals surface area contributed by atoms with Crippen LogP contribution in [0.2, 0.25) is 0 Å². The quantitative estimate of drug-likeness (QED) is 0.570. The van der Waals surface area contributed by atoms with Crippen molar-refractivity contribution in [2.45, 2.75) is 57.2 Å². The van der Waals surface area contributed by atoms with Crippen molar-refractivity contribution >= 4 is 28.7 Å². The van der Waals surface area contributed by atoms with Gasteiger partial charge in [0.15, 0.2) is 17.3 Å². The Balaban J connectivity index is 1.39. The number of aryl methyl sites for hydroxylation is 2. The third-order valence-corrected chi connectivity index (χ3v) is 6.22. The topological polar surface area (TPSA) is 123 Å². The molecule has 0 aromatic carbocycles. The van der Waals surface area contributed by atoms with E-state index in [9.17, 15) is 0 Å². The van der Waals surface area contributed by atoms with Gasteiger partial charge in [-0.25, -0.2) is 4.98 Å². The molecular weight excluding hydrogens is 380 g/mol. The average molecular weight is 406 g/mol. The summed E-state index contributed by atoms with van der Waals surface area (Å²) in [7, 11) is 1.96. The molecule has 156 valence electrons. The molecule has 0 saturated carbocycles. The summed E-state index contributed by atoms with van der Waals surface area (Å²) in [6.07, 6.45) is 6.92. The molecule has 3 aromatic heterocycles. The van der Waals surface area contributed by atoms with E-state index >= 15 is 0 Å². The van der Waals surface area contributed by atoms with Gasteiger partial charge in [0.2, 0.25) is 5.95 Å². The Kier molecular flexibility index (Phi) is 4.75. The summed E-state index contributed by atoms with van der Waals surface area (Å²) >= 11 is 0. The fraction of sp³-hybridized carbons (Fsp3) is 0.550. The SMILES string of the molecule is Cc1cc(Nc2nc(NC3CC4CCC(C3)N4CCC#N)c3c(ncn3C)n2)n[nH]1. The summed E-state index contributed by atoms with van der Waals surface area (Å²) in [5, 5.41) is 22.9. The lowest BCUT2D eigenvalue weighted by atomic mass is 9.97. The second kappa shape index (κ2) is 7.57. The van der Waals surface area contributed by atoms with Crippen LogP contribution in [-0.4, -0.2) is 59.3 Å². The third-order valence-electron chi connectivity index (χ3n) is 6.22. The van der Waals surface area contributed by atoms with Crippen LogP contribution in [0.5, 0.6) is 0 Å². The number of rotatable bonds is 6. The number of anilines is 3. The van der Waals surface area contributed by atoms with E-state index in [1.807, 2.05) is 24.6 Å². The number of aromatic nitrogens is 6. The first-order valence-electron chi connectivity index (χ1n) is 10.5. The average Bonchev–Trinajstić information content (AvgIpc) is 3.36. The van der Waals surface area contributed by atoms with E-state index in [0.29, 0.717) is 42.0 Å². The standard InChI is InChI=1S/C20H26N10/c1-12-8-16(28-27-12)24-20-25-18-17(29(2)11-22-18)19(26-20)23-13-9-14-4-5-15(10-13)30(14)7-3-6-21/h8,11,13-15H,3-5,7,9-10H2,1-2H3,(H3,23,24,25,26,27,28). The number of nitrogens with one attached hydrogen (secondary N) is 3. The van der Waals surface area contributed by atoms with Crippen molar-refractivity contribution in [2.24, 2.45) is 7.05 Å². The molecule has 2 aliphatic heterocycles. The molecule has 5 rings (SSSR count). The zero-order chi connectivity index (χ0) is 20.7. The number of nitriles is 1. The molecule has 2 aliphatic rings. The molecule has 0 aliphatic carbocycles. The van der Waals surface area contributed by atoms with Gasteiger partial charge in [0.1, 0.15) is 5.52 Å². The number of imidazole rings is 1. The van der Waals surface area contributed by atoms with Crippen LogP contribution in [0.1, 0.15) is 37.8 Å². The van der Waals surface area contributed by atoms with E-state index in [-0.39, 0.29) is 0 Å². The van der Waals surface area contributed by atoms with Crippen molar-refractivity contribution in [3.05, 3.63) is 18.1 Å². The Bertz CT molecular complexity index is 1080. The van der Waals surface area contributed by atoms with E-state index in [1.165, 1.54) is 12.8 Å². The second-order valence-corrected chi connectivity index (χ2v) is 8.33. The maximum absolute atomic E-state index is 8.95. The highest BCUT2D eigenvalue weighted by molar-refractivity contribution is 5.85. The van der Waals surface area contributed by atoms with Crippen LogP contribution in [0.4, 0.5) is 17.6 Å². The number of hydrogen-bond acceptors (Lipinski definition) is 8. The van der Waals surface area contributed by atoms with Crippen molar-refractivity contribution < 1.29 is 0 Å². The first-order chi connectivity index (χ1) is 14.6. The highest BCUT2D eigenvalue weighted by Gasteiger charge is 2.40. The summed E-state index contributed by atoms with van der Waals surface area (Å²) < 4.78 is 1.96. The van der Waals surface area contributed by atoms with Crippen molar-refractivity contribution in [3.8, 4) is 6.07 Å². The Hall–Kier alpha value is -3.19. The lowest BCUT2D eigenvalue weighted by Gasteiger charge is -2.39. The molecule has 30 heavy (non-hydrogen) atoms. The maximum atomic E-state index is 8.95. The van der Waals surface area contributed by atoms with Crippen LogP contribution in [0.25, 0.3) is 11.2 Å². The fourth-order valence-corrected chi connectivity index (χ4v) is 4.94. The molecule has 10 heteroatoms. The van der Waals surface area contributed by atoms with Gasteiger partial charge in [-0.05, 0) is 32.6 Å². The number of aromatic amines is 1. The zero-order valence-electron chi connectivity index (χ0n) is 17.3. The van der Waals surface area contributed by atoms with Crippen LogP contribution < -0.4 is 10.6 Å². The highest BCUT2D eigenvalue weighted by atomic mass is 15.3. The number of fused-ring (bicyclic) bond motifs is 3. The van der Waals surface area contributed by atoms with Crippen molar-refractivity contribution in [1.29, 1.82) is 5.26 Å². The van der Waals surface area contributed by atoms with Gasteiger partial charge in [-0.1, -0.05) is 0 Å². The molecule has 2 atom stereocenters. The summed E-state index contributed by atoms with van der Waals surface area (Å²) in [6.45, 7) is 2.83. The largest absolute Gasteiger partial charge is 0.365 e. The molecule has 10 nitrogen and oxygen atoms in total. The molecule has 0 spiro atoms. The Morgan fingerprint density at radius 3 is 2.77 bits per heavy atom. The summed E-state index contributed by atoms with van der Waals surface area (Å²) in [5.41, 5.74) is 2.52. The number of piperidine rings is 1.